The van der Waals surface area contributed by atoms with E-state index < -0.39 is 30.5 Å². The van der Waals surface area contributed by atoms with Crippen LogP contribution in [0.25, 0.3) is 0 Å². The van der Waals surface area contributed by atoms with Gasteiger partial charge in [0.05, 0.1) is 13.2 Å². The molecule has 0 aromatic rings. The van der Waals surface area contributed by atoms with Crippen molar-refractivity contribution >= 4 is 5.97 Å². The monoisotopic (exact) mass is 428 g/mol. The average molecular weight is 429 g/mol. The molecule has 30 heavy (non-hydrogen) atoms. The van der Waals surface area contributed by atoms with Crippen LogP contribution in [0.5, 0.6) is 0 Å². The predicted molar refractivity (Wildman–Crippen MR) is 118 cm³/mol. The standard InChI is InChI=1S/C24H44O6/c1-2-3-4-5-6-7-8-9-10-11-12-13-14-15-16-17-18-29-23-21(27)24(28)30-22(23)20(26)19-25/h20,22,25-27H,2-19H2,1H3. The normalized spacial score (nSPS) is 17.4. The Morgan fingerprint density at radius 2 is 1.27 bits per heavy atom. The lowest BCUT2D eigenvalue weighted by Crippen LogP contribution is -2.32. The van der Waals surface area contributed by atoms with Crippen molar-refractivity contribution in [1.29, 1.82) is 0 Å². The number of cyclic esters (lactones) is 1. The third-order valence-electron chi connectivity index (χ3n) is 5.71. The van der Waals surface area contributed by atoms with Crippen molar-refractivity contribution in [1.82, 2.24) is 0 Å². The highest BCUT2D eigenvalue weighted by molar-refractivity contribution is 5.89. The molecule has 1 heterocycles. The summed E-state index contributed by atoms with van der Waals surface area (Å²) in [7, 11) is 0. The maximum Gasteiger partial charge on any atom is 0.378 e. The molecule has 2 atom stereocenters. The van der Waals surface area contributed by atoms with Crippen LogP contribution in [0.1, 0.15) is 110 Å². The van der Waals surface area contributed by atoms with Crippen molar-refractivity contribution in [3.63, 3.8) is 0 Å². The van der Waals surface area contributed by atoms with Crippen LogP contribution in [0.2, 0.25) is 0 Å². The Morgan fingerprint density at radius 1 is 0.833 bits per heavy atom. The average Bonchev–Trinajstić information content (AvgIpc) is 3.03. The quantitative estimate of drug-likeness (QED) is 0.180. The third-order valence-corrected chi connectivity index (χ3v) is 5.71. The van der Waals surface area contributed by atoms with E-state index in [4.69, 9.17) is 14.6 Å². The van der Waals surface area contributed by atoms with Crippen molar-refractivity contribution in [3.8, 4) is 0 Å². The minimum absolute atomic E-state index is 0.0671. The predicted octanol–water partition coefficient (Wildman–Crippen LogP) is 5.31. The van der Waals surface area contributed by atoms with Gasteiger partial charge in [0.2, 0.25) is 5.76 Å². The third kappa shape index (κ3) is 11.2. The van der Waals surface area contributed by atoms with Crippen LogP contribution in [-0.2, 0) is 14.3 Å². The van der Waals surface area contributed by atoms with Crippen LogP contribution in [0.3, 0.4) is 0 Å². The van der Waals surface area contributed by atoms with Crippen LogP contribution < -0.4 is 0 Å². The molecular formula is C24H44O6. The first-order valence-electron chi connectivity index (χ1n) is 12.2. The first-order valence-corrected chi connectivity index (χ1v) is 12.2. The van der Waals surface area contributed by atoms with E-state index in [1.54, 1.807) is 0 Å². The van der Waals surface area contributed by atoms with Crippen molar-refractivity contribution in [2.24, 2.45) is 0 Å². The van der Waals surface area contributed by atoms with Gasteiger partial charge in [0, 0.05) is 0 Å². The van der Waals surface area contributed by atoms with Crippen LogP contribution in [0.15, 0.2) is 11.5 Å². The second-order valence-corrected chi connectivity index (χ2v) is 8.44. The molecule has 6 nitrogen and oxygen atoms in total. The Kier molecular flexibility index (Phi) is 15.5. The number of carbonyl (C=O) groups excluding carboxylic acids is 1. The summed E-state index contributed by atoms with van der Waals surface area (Å²) in [5.74, 6) is -1.60. The number of hydrogen-bond acceptors (Lipinski definition) is 6. The highest BCUT2D eigenvalue weighted by Gasteiger charge is 2.40. The lowest BCUT2D eigenvalue weighted by molar-refractivity contribution is -0.148. The molecule has 6 heteroatoms. The molecule has 0 amide bonds. The second-order valence-electron chi connectivity index (χ2n) is 8.44. The molecule has 0 saturated carbocycles. The molecule has 0 aromatic heterocycles. The fourth-order valence-electron chi connectivity index (χ4n) is 3.79. The molecule has 176 valence electrons. The van der Waals surface area contributed by atoms with Gasteiger partial charge in [-0.1, -0.05) is 103 Å². The van der Waals surface area contributed by atoms with Gasteiger partial charge in [0.25, 0.3) is 0 Å². The Hall–Kier alpha value is -1.27. The van der Waals surface area contributed by atoms with Gasteiger partial charge in [-0.3, -0.25) is 0 Å². The number of ether oxygens (including phenoxy) is 2. The zero-order valence-corrected chi connectivity index (χ0v) is 18.9. The van der Waals surface area contributed by atoms with Crippen molar-refractivity contribution < 1.29 is 29.6 Å². The van der Waals surface area contributed by atoms with Gasteiger partial charge in [0.1, 0.15) is 6.10 Å². The summed E-state index contributed by atoms with van der Waals surface area (Å²) in [6, 6.07) is 0. The first-order chi connectivity index (χ1) is 14.6. The molecule has 2 unspecified atom stereocenters. The summed E-state index contributed by atoms with van der Waals surface area (Å²) < 4.78 is 10.3. The van der Waals surface area contributed by atoms with E-state index in [1.165, 1.54) is 83.5 Å². The van der Waals surface area contributed by atoms with Crippen molar-refractivity contribution in [2.75, 3.05) is 13.2 Å². The van der Waals surface area contributed by atoms with E-state index in [2.05, 4.69) is 6.92 Å². The number of aliphatic hydroxyl groups is 3. The summed E-state index contributed by atoms with van der Waals surface area (Å²) >= 11 is 0. The molecular weight excluding hydrogens is 384 g/mol. The molecule has 0 saturated heterocycles. The Balaban J connectivity index is 1.90. The molecule has 3 N–H and O–H groups in total. The molecule has 1 aliphatic rings. The van der Waals surface area contributed by atoms with E-state index >= 15 is 0 Å². The molecule has 0 fully saturated rings. The van der Waals surface area contributed by atoms with Gasteiger partial charge in [-0.05, 0) is 6.42 Å². The number of rotatable bonds is 20. The number of unbranched alkanes of at least 4 members (excludes halogenated alkanes) is 15. The topological polar surface area (TPSA) is 96.2 Å². The van der Waals surface area contributed by atoms with Crippen LogP contribution in [0.4, 0.5) is 0 Å². The number of esters is 1. The largest absolute Gasteiger partial charge is 0.499 e. The van der Waals surface area contributed by atoms with Crippen molar-refractivity contribution in [3.05, 3.63) is 11.5 Å². The summed E-state index contributed by atoms with van der Waals surface area (Å²) in [5, 5.41) is 28.4. The maximum absolute atomic E-state index is 11.4. The summed E-state index contributed by atoms with van der Waals surface area (Å²) in [4.78, 5) is 11.4. The fraction of sp³-hybridized carbons (Fsp3) is 0.875. The summed E-state index contributed by atoms with van der Waals surface area (Å²) in [6.45, 7) is 2.04. The van der Waals surface area contributed by atoms with Gasteiger partial charge in [-0.2, -0.15) is 0 Å². The van der Waals surface area contributed by atoms with Crippen LogP contribution in [0, 0.1) is 0 Å². The van der Waals surface area contributed by atoms with Crippen LogP contribution in [-0.4, -0.2) is 46.7 Å². The van der Waals surface area contributed by atoms with Gasteiger partial charge in [0.15, 0.2) is 11.9 Å². The van der Waals surface area contributed by atoms with E-state index in [1.807, 2.05) is 0 Å². The van der Waals surface area contributed by atoms with E-state index in [-0.39, 0.29) is 5.76 Å². The van der Waals surface area contributed by atoms with Gasteiger partial charge >= 0.3 is 5.97 Å². The number of hydrogen-bond donors (Lipinski definition) is 3. The Labute approximate surface area is 182 Å². The molecule has 0 spiro atoms. The highest BCUT2D eigenvalue weighted by atomic mass is 16.6. The molecule has 0 bridgehead atoms. The SMILES string of the molecule is CCCCCCCCCCCCCCCCCCOC1=C(O)C(=O)OC1C(O)CO. The van der Waals surface area contributed by atoms with Gasteiger partial charge < -0.3 is 24.8 Å². The molecule has 0 radical (unpaired) electrons. The summed E-state index contributed by atoms with van der Waals surface area (Å²) in [5.41, 5.74) is 0. The smallest absolute Gasteiger partial charge is 0.378 e. The van der Waals surface area contributed by atoms with Gasteiger partial charge in [-0.25, -0.2) is 4.79 Å². The molecule has 0 aromatic carbocycles. The number of carbonyl (C=O) groups is 1. The number of aliphatic hydroxyl groups excluding tert-OH is 3. The van der Waals surface area contributed by atoms with Gasteiger partial charge in [-0.15, -0.1) is 0 Å². The second kappa shape index (κ2) is 17.4. The Morgan fingerprint density at radius 3 is 1.70 bits per heavy atom. The minimum Gasteiger partial charge on any atom is -0.499 e. The fourth-order valence-corrected chi connectivity index (χ4v) is 3.79. The lowest BCUT2D eigenvalue weighted by Gasteiger charge is -2.18. The minimum atomic E-state index is -1.29. The zero-order valence-electron chi connectivity index (χ0n) is 18.9. The molecule has 1 rings (SSSR count). The summed E-state index contributed by atoms with van der Waals surface area (Å²) in [6.07, 6.45) is 18.2. The maximum atomic E-state index is 11.4. The zero-order chi connectivity index (χ0) is 22.0. The van der Waals surface area contributed by atoms with Crippen molar-refractivity contribution in [2.45, 2.75) is 122 Å². The van der Waals surface area contributed by atoms with E-state index in [9.17, 15) is 15.0 Å². The van der Waals surface area contributed by atoms with E-state index in [0.29, 0.717) is 6.61 Å². The molecule has 1 aliphatic heterocycles. The van der Waals surface area contributed by atoms with E-state index in [0.717, 1.165) is 19.3 Å². The lowest BCUT2D eigenvalue weighted by atomic mass is 10.0. The highest BCUT2D eigenvalue weighted by Crippen LogP contribution is 2.25. The molecule has 0 aliphatic carbocycles. The Bertz CT molecular complexity index is 476. The first kappa shape index (κ1) is 26.8. The van der Waals surface area contributed by atoms with Crippen LogP contribution >= 0.6 is 0 Å².